The summed E-state index contributed by atoms with van der Waals surface area (Å²) in [6.07, 6.45) is 10.2. The number of hydrogen-bond donors (Lipinski definition) is 2. The van der Waals surface area contributed by atoms with Gasteiger partial charge in [-0.25, -0.2) is 4.98 Å². The lowest BCUT2D eigenvalue weighted by Crippen LogP contribution is -2.34. The SMILES string of the molecule is CCN(C)c1cc(-c2ccnc(OC)c2)c[nH]c1=O.NC/C=C/C(=O)N1CCCCC1. The maximum absolute atomic E-state index is 11.8. The van der Waals surface area contributed by atoms with Gasteiger partial charge in [-0.05, 0) is 43.9 Å². The Bertz CT molecular complexity index is 919. The van der Waals surface area contributed by atoms with Crippen molar-refractivity contribution >= 4 is 11.6 Å². The summed E-state index contributed by atoms with van der Waals surface area (Å²) in [6.45, 7) is 5.04. The molecule has 0 spiro atoms. The summed E-state index contributed by atoms with van der Waals surface area (Å²) in [5.74, 6) is 0.661. The number of aromatic nitrogens is 2. The molecule has 1 aliphatic heterocycles. The van der Waals surface area contributed by atoms with Gasteiger partial charge in [0, 0.05) is 63.3 Å². The Hall–Kier alpha value is -3.13. The number of carbonyl (C=O) groups is 1. The van der Waals surface area contributed by atoms with Crippen LogP contribution in [0, 0.1) is 0 Å². The monoisotopic (exact) mass is 427 g/mol. The van der Waals surface area contributed by atoms with Crippen LogP contribution in [0.5, 0.6) is 5.88 Å². The van der Waals surface area contributed by atoms with Crippen LogP contribution in [0.15, 0.2) is 47.5 Å². The van der Waals surface area contributed by atoms with Crippen molar-refractivity contribution in [1.82, 2.24) is 14.9 Å². The largest absolute Gasteiger partial charge is 0.481 e. The van der Waals surface area contributed by atoms with E-state index in [1.54, 1.807) is 31.7 Å². The fourth-order valence-corrected chi connectivity index (χ4v) is 3.18. The summed E-state index contributed by atoms with van der Waals surface area (Å²) in [7, 11) is 3.47. The van der Waals surface area contributed by atoms with Crippen LogP contribution < -0.4 is 20.9 Å². The number of amides is 1. The molecule has 1 amide bonds. The predicted molar refractivity (Wildman–Crippen MR) is 124 cm³/mol. The quantitative estimate of drug-likeness (QED) is 0.686. The Kier molecular flexibility index (Phi) is 9.77. The van der Waals surface area contributed by atoms with Gasteiger partial charge in [0.2, 0.25) is 11.8 Å². The first-order chi connectivity index (χ1) is 15.0. The molecule has 0 saturated carbocycles. The summed E-state index contributed by atoms with van der Waals surface area (Å²) < 4.78 is 5.11. The Labute approximate surface area is 183 Å². The van der Waals surface area contributed by atoms with Crippen molar-refractivity contribution < 1.29 is 9.53 Å². The van der Waals surface area contributed by atoms with Gasteiger partial charge < -0.3 is 25.3 Å². The van der Waals surface area contributed by atoms with Gasteiger partial charge in [-0.1, -0.05) is 6.08 Å². The maximum atomic E-state index is 11.8. The molecular weight excluding hydrogens is 394 g/mol. The molecular formula is C23H33N5O3. The third-order valence-electron chi connectivity index (χ3n) is 5.11. The van der Waals surface area contributed by atoms with E-state index in [4.69, 9.17) is 10.5 Å². The van der Waals surface area contributed by atoms with Crippen molar-refractivity contribution in [3.8, 4) is 17.0 Å². The lowest BCUT2D eigenvalue weighted by Gasteiger charge is -2.25. The molecule has 0 radical (unpaired) electrons. The molecule has 1 fully saturated rings. The van der Waals surface area contributed by atoms with Crippen molar-refractivity contribution in [2.24, 2.45) is 5.73 Å². The number of nitrogens with two attached hydrogens (primary N) is 1. The molecule has 0 atom stereocenters. The summed E-state index contributed by atoms with van der Waals surface area (Å²) in [4.78, 5) is 33.8. The van der Waals surface area contributed by atoms with E-state index in [0.29, 0.717) is 18.1 Å². The van der Waals surface area contributed by atoms with Gasteiger partial charge in [0.05, 0.1) is 7.11 Å². The molecule has 8 nitrogen and oxygen atoms in total. The molecule has 3 N–H and O–H groups in total. The molecule has 2 aromatic rings. The number of aromatic amines is 1. The van der Waals surface area contributed by atoms with E-state index in [-0.39, 0.29) is 11.5 Å². The van der Waals surface area contributed by atoms with Gasteiger partial charge in [0.15, 0.2) is 0 Å². The maximum Gasteiger partial charge on any atom is 0.271 e. The number of carbonyl (C=O) groups excluding carboxylic acids is 1. The summed E-state index contributed by atoms with van der Waals surface area (Å²) in [5, 5.41) is 0. The van der Waals surface area contributed by atoms with E-state index in [1.807, 2.05) is 42.0 Å². The molecule has 3 heterocycles. The van der Waals surface area contributed by atoms with Gasteiger partial charge in [-0.15, -0.1) is 0 Å². The lowest BCUT2D eigenvalue weighted by atomic mass is 10.1. The zero-order chi connectivity index (χ0) is 22.6. The number of rotatable bonds is 6. The van der Waals surface area contributed by atoms with Gasteiger partial charge in [-0.3, -0.25) is 9.59 Å². The van der Waals surface area contributed by atoms with Crippen LogP contribution in [0.4, 0.5) is 5.69 Å². The standard InChI is InChI=1S/C14H17N3O2.C9H16N2O/c1-4-17(2)12-7-11(9-16-14(12)18)10-5-6-15-13(8-10)19-3;10-6-4-5-9(12)11-7-2-1-3-8-11/h5-9H,4H2,1-3H3,(H,16,18);4-5H,1-3,6-8,10H2/b;5-4+. The average molecular weight is 428 g/mol. The van der Waals surface area contributed by atoms with E-state index in [1.165, 1.54) is 6.42 Å². The number of ether oxygens (including phenoxy) is 1. The average Bonchev–Trinajstić information content (AvgIpc) is 2.83. The molecule has 0 bridgehead atoms. The first-order valence-corrected chi connectivity index (χ1v) is 10.6. The molecule has 31 heavy (non-hydrogen) atoms. The number of nitrogens with zero attached hydrogens (tertiary/aromatic N) is 3. The third kappa shape index (κ3) is 7.25. The molecule has 8 heteroatoms. The number of nitrogens with one attached hydrogen (secondary N) is 1. The van der Waals surface area contributed by atoms with Crippen LogP contribution in [0.3, 0.4) is 0 Å². The van der Waals surface area contributed by atoms with Gasteiger partial charge >= 0.3 is 0 Å². The van der Waals surface area contributed by atoms with Crippen LogP contribution in [0.2, 0.25) is 0 Å². The molecule has 168 valence electrons. The minimum atomic E-state index is -0.0888. The highest BCUT2D eigenvalue weighted by molar-refractivity contribution is 5.87. The zero-order valence-corrected chi connectivity index (χ0v) is 18.6. The molecule has 0 unspecified atom stereocenters. The van der Waals surface area contributed by atoms with Crippen LogP contribution in [0.1, 0.15) is 26.2 Å². The van der Waals surface area contributed by atoms with Crippen molar-refractivity contribution in [3.05, 3.63) is 53.1 Å². The van der Waals surface area contributed by atoms with Crippen LogP contribution >= 0.6 is 0 Å². The minimum absolute atomic E-state index is 0.0888. The lowest BCUT2D eigenvalue weighted by molar-refractivity contribution is -0.126. The smallest absolute Gasteiger partial charge is 0.271 e. The second-order valence-electron chi connectivity index (χ2n) is 7.23. The Morgan fingerprint density at radius 1 is 1.29 bits per heavy atom. The van der Waals surface area contributed by atoms with Gasteiger partial charge in [0.1, 0.15) is 5.69 Å². The van der Waals surface area contributed by atoms with Crippen LogP contribution in [-0.4, -0.2) is 61.1 Å². The highest BCUT2D eigenvalue weighted by Gasteiger charge is 2.13. The highest BCUT2D eigenvalue weighted by atomic mass is 16.5. The topological polar surface area (TPSA) is 105 Å². The van der Waals surface area contributed by atoms with E-state index < -0.39 is 0 Å². The van der Waals surface area contributed by atoms with Crippen LogP contribution in [-0.2, 0) is 4.79 Å². The minimum Gasteiger partial charge on any atom is -0.481 e. The third-order valence-corrected chi connectivity index (χ3v) is 5.11. The highest BCUT2D eigenvalue weighted by Crippen LogP contribution is 2.23. The van der Waals surface area contributed by atoms with E-state index >= 15 is 0 Å². The summed E-state index contributed by atoms with van der Waals surface area (Å²) in [6, 6.07) is 5.59. The first-order valence-electron chi connectivity index (χ1n) is 10.6. The molecule has 0 aromatic carbocycles. The van der Waals surface area contributed by atoms with Crippen molar-refractivity contribution in [2.45, 2.75) is 26.2 Å². The van der Waals surface area contributed by atoms with Gasteiger partial charge in [0.25, 0.3) is 5.56 Å². The molecule has 0 aliphatic carbocycles. The number of anilines is 1. The number of methoxy groups -OCH3 is 1. The van der Waals surface area contributed by atoms with Crippen molar-refractivity contribution in [3.63, 3.8) is 0 Å². The summed E-state index contributed by atoms with van der Waals surface area (Å²) >= 11 is 0. The Balaban J connectivity index is 0.000000245. The number of H-pyrrole nitrogens is 1. The number of hydrogen-bond acceptors (Lipinski definition) is 6. The van der Waals surface area contributed by atoms with E-state index in [9.17, 15) is 9.59 Å². The fourth-order valence-electron chi connectivity index (χ4n) is 3.18. The van der Waals surface area contributed by atoms with Crippen LogP contribution in [0.25, 0.3) is 11.1 Å². The molecule has 3 rings (SSSR count). The number of piperidine rings is 1. The van der Waals surface area contributed by atoms with Crippen molar-refractivity contribution in [2.75, 3.05) is 45.2 Å². The van der Waals surface area contributed by atoms with E-state index in [0.717, 1.165) is 43.6 Å². The number of likely N-dealkylation sites (tertiary alicyclic amines) is 1. The molecule has 1 saturated heterocycles. The first kappa shape index (κ1) is 24.1. The number of pyridine rings is 2. The fraction of sp³-hybridized carbons (Fsp3) is 0.435. The predicted octanol–water partition coefficient (Wildman–Crippen LogP) is 2.42. The Morgan fingerprint density at radius 3 is 2.68 bits per heavy atom. The normalized spacial score (nSPS) is 13.5. The second-order valence-corrected chi connectivity index (χ2v) is 7.23. The van der Waals surface area contributed by atoms with Crippen molar-refractivity contribution in [1.29, 1.82) is 0 Å². The van der Waals surface area contributed by atoms with Gasteiger partial charge in [-0.2, -0.15) is 0 Å². The second kappa shape index (κ2) is 12.5. The molecule has 2 aromatic heterocycles. The summed E-state index contributed by atoms with van der Waals surface area (Å²) in [5.41, 5.74) is 7.69. The van der Waals surface area contributed by atoms with E-state index in [2.05, 4.69) is 9.97 Å². The molecule has 1 aliphatic rings. The zero-order valence-electron chi connectivity index (χ0n) is 18.6. The Morgan fingerprint density at radius 2 is 2.03 bits per heavy atom.